The number of carbonyl (C=O) groups is 1. The van der Waals surface area contributed by atoms with E-state index in [4.69, 9.17) is 0 Å². The summed E-state index contributed by atoms with van der Waals surface area (Å²) < 4.78 is 0. The monoisotopic (exact) mass is 302 g/mol. The van der Waals surface area contributed by atoms with Gasteiger partial charge in [0.15, 0.2) is 0 Å². The van der Waals surface area contributed by atoms with Crippen LogP contribution in [-0.2, 0) is 11.2 Å². The summed E-state index contributed by atoms with van der Waals surface area (Å²) in [6, 6.07) is 0. The van der Waals surface area contributed by atoms with Crippen molar-refractivity contribution in [2.45, 2.75) is 46.0 Å². The Morgan fingerprint density at radius 3 is 2.91 bits per heavy atom. The van der Waals surface area contributed by atoms with Crippen LogP contribution in [-0.4, -0.2) is 47.5 Å². The maximum atomic E-state index is 12.7. The summed E-state index contributed by atoms with van der Waals surface area (Å²) >= 11 is 0. The molecule has 1 atom stereocenters. The highest BCUT2D eigenvalue weighted by molar-refractivity contribution is 5.84. The molecule has 0 radical (unpaired) electrons. The Bertz CT molecular complexity index is 574. The lowest BCUT2D eigenvalue weighted by atomic mass is 9.78. The zero-order valence-corrected chi connectivity index (χ0v) is 13.9. The standard InChI is InChI=1S/C17H26N4O/c1-4-6-14-11-18-13(2)19-15(14)21-10-8-17(12-21)7-5-9-20(3)16(17)22/h11H,4-10,12H2,1-3H3. The van der Waals surface area contributed by atoms with Crippen LogP contribution in [0.5, 0.6) is 0 Å². The van der Waals surface area contributed by atoms with Crippen molar-refractivity contribution in [3.05, 3.63) is 17.6 Å². The van der Waals surface area contributed by atoms with Gasteiger partial charge < -0.3 is 9.80 Å². The number of piperidine rings is 1. The molecule has 1 amide bonds. The Labute approximate surface area is 132 Å². The van der Waals surface area contributed by atoms with E-state index in [1.165, 1.54) is 5.56 Å². The number of amides is 1. The van der Waals surface area contributed by atoms with Crippen molar-refractivity contribution < 1.29 is 4.79 Å². The van der Waals surface area contributed by atoms with Crippen LogP contribution in [0.25, 0.3) is 0 Å². The second kappa shape index (κ2) is 5.86. The van der Waals surface area contributed by atoms with E-state index < -0.39 is 0 Å². The molecule has 0 saturated carbocycles. The van der Waals surface area contributed by atoms with Crippen LogP contribution in [0.3, 0.4) is 0 Å². The van der Waals surface area contributed by atoms with Gasteiger partial charge in [0, 0.05) is 38.4 Å². The molecule has 1 unspecified atom stereocenters. The predicted molar refractivity (Wildman–Crippen MR) is 86.9 cm³/mol. The molecule has 5 heteroatoms. The molecular formula is C17H26N4O. The van der Waals surface area contributed by atoms with Crippen LogP contribution in [0.1, 0.15) is 44.0 Å². The van der Waals surface area contributed by atoms with Gasteiger partial charge in [-0.3, -0.25) is 4.79 Å². The fourth-order valence-electron chi connectivity index (χ4n) is 3.90. The average Bonchev–Trinajstić information content (AvgIpc) is 2.92. The SMILES string of the molecule is CCCc1cnc(C)nc1N1CCC2(CCCN(C)C2=O)C1. The predicted octanol–water partition coefficient (Wildman–Crippen LogP) is 2.19. The van der Waals surface area contributed by atoms with Crippen molar-refractivity contribution in [3.8, 4) is 0 Å². The van der Waals surface area contributed by atoms with Crippen LogP contribution in [0.15, 0.2) is 6.20 Å². The van der Waals surface area contributed by atoms with Gasteiger partial charge in [0.1, 0.15) is 11.6 Å². The molecule has 2 fully saturated rings. The molecule has 1 aromatic rings. The number of aromatic nitrogens is 2. The molecule has 1 spiro atoms. The molecule has 1 aromatic heterocycles. The van der Waals surface area contributed by atoms with E-state index in [1.807, 2.05) is 25.1 Å². The lowest BCUT2D eigenvalue weighted by Gasteiger charge is -2.37. The molecular weight excluding hydrogens is 276 g/mol. The van der Waals surface area contributed by atoms with Crippen LogP contribution in [0, 0.1) is 12.3 Å². The third kappa shape index (κ3) is 2.57. The molecule has 2 aliphatic rings. The third-order valence-corrected chi connectivity index (χ3v) is 5.08. The fourth-order valence-corrected chi connectivity index (χ4v) is 3.90. The summed E-state index contributed by atoms with van der Waals surface area (Å²) in [6.45, 7) is 6.74. The van der Waals surface area contributed by atoms with Crippen molar-refractivity contribution in [3.63, 3.8) is 0 Å². The Hall–Kier alpha value is -1.65. The molecule has 5 nitrogen and oxygen atoms in total. The largest absolute Gasteiger partial charge is 0.355 e. The molecule has 3 rings (SSSR count). The zero-order valence-electron chi connectivity index (χ0n) is 13.9. The highest BCUT2D eigenvalue weighted by Gasteiger charge is 2.48. The van der Waals surface area contributed by atoms with Gasteiger partial charge in [0.2, 0.25) is 5.91 Å². The average molecular weight is 302 g/mol. The van der Waals surface area contributed by atoms with Crippen LogP contribution < -0.4 is 4.90 Å². The summed E-state index contributed by atoms with van der Waals surface area (Å²) in [5.41, 5.74) is 1.02. The van der Waals surface area contributed by atoms with Crippen molar-refractivity contribution >= 4 is 11.7 Å². The first-order chi connectivity index (χ1) is 10.6. The summed E-state index contributed by atoms with van der Waals surface area (Å²) in [7, 11) is 1.93. The zero-order chi connectivity index (χ0) is 15.7. The van der Waals surface area contributed by atoms with Gasteiger partial charge in [-0.25, -0.2) is 9.97 Å². The molecule has 120 valence electrons. The first-order valence-corrected chi connectivity index (χ1v) is 8.39. The normalized spacial score (nSPS) is 25.3. The lowest BCUT2D eigenvalue weighted by molar-refractivity contribution is -0.143. The van der Waals surface area contributed by atoms with E-state index in [0.29, 0.717) is 5.91 Å². The highest BCUT2D eigenvalue weighted by atomic mass is 16.2. The van der Waals surface area contributed by atoms with Gasteiger partial charge >= 0.3 is 0 Å². The Morgan fingerprint density at radius 2 is 2.14 bits per heavy atom. The number of nitrogens with zero attached hydrogens (tertiary/aromatic N) is 4. The summed E-state index contributed by atoms with van der Waals surface area (Å²) in [6.07, 6.45) is 7.11. The van der Waals surface area contributed by atoms with Crippen molar-refractivity contribution in [2.24, 2.45) is 5.41 Å². The molecule has 3 heterocycles. The Morgan fingerprint density at radius 1 is 1.32 bits per heavy atom. The number of rotatable bonds is 3. The van der Waals surface area contributed by atoms with Gasteiger partial charge in [-0.1, -0.05) is 13.3 Å². The van der Waals surface area contributed by atoms with E-state index in [9.17, 15) is 4.79 Å². The summed E-state index contributed by atoms with van der Waals surface area (Å²) in [5.74, 6) is 2.18. The van der Waals surface area contributed by atoms with E-state index in [2.05, 4.69) is 21.8 Å². The smallest absolute Gasteiger partial charge is 0.230 e. The minimum absolute atomic E-state index is 0.185. The lowest BCUT2D eigenvalue weighted by Crippen LogP contribution is -2.48. The first kappa shape index (κ1) is 15.3. The number of hydrogen-bond acceptors (Lipinski definition) is 4. The quantitative estimate of drug-likeness (QED) is 0.859. The highest BCUT2D eigenvalue weighted by Crippen LogP contribution is 2.41. The number of anilines is 1. The van der Waals surface area contributed by atoms with Crippen LogP contribution in [0.2, 0.25) is 0 Å². The minimum Gasteiger partial charge on any atom is -0.355 e. The molecule has 0 aliphatic carbocycles. The topological polar surface area (TPSA) is 49.3 Å². The number of hydrogen-bond donors (Lipinski definition) is 0. The second-order valence-electron chi connectivity index (χ2n) is 6.80. The molecule has 22 heavy (non-hydrogen) atoms. The van der Waals surface area contributed by atoms with Crippen molar-refractivity contribution in [1.29, 1.82) is 0 Å². The summed E-state index contributed by atoms with van der Waals surface area (Å²) in [4.78, 5) is 25.9. The fraction of sp³-hybridized carbons (Fsp3) is 0.706. The molecule has 0 aromatic carbocycles. The Balaban J connectivity index is 1.86. The van der Waals surface area contributed by atoms with Gasteiger partial charge in [-0.05, 0) is 32.6 Å². The molecule has 2 saturated heterocycles. The van der Waals surface area contributed by atoms with E-state index in [1.54, 1.807) is 0 Å². The van der Waals surface area contributed by atoms with Crippen LogP contribution >= 0.6 is 0 Å². The van der Waals surface area contributed by atoms with Gasteiger partial charge in [0.05, 0.1) is 5.41 Å². The molecule has 2 aliphatic heterocycles. The molecule has 0 bridgehead atoms. The third-order valence-electron chi connectivity index (χ3n) is 5.08. The summed E-state index contributed by atoms with van der Waals surface area (Å²) in [5, 5.41) is 0. The van der Waals surface area contributed by atoms with Crippen molar-refractivity contribution in [2.75, 3.05) is 31.6 Å². The Kier molecular flexibility index (Phi) is 4.06. The van der Waals surface area contributed by atoms with E-state index >= 15 is 0 Å². The van der Waals surface area contributed by atoms with Crippen molar-refractivity contribution in [1.82, 2.24) is 14.9 Å². The number of likely N-dealkylation sites (tertiary alicyclic amines) is 1. The minimum atomic E-state index is -0.185. The molecule has 0 N–H and O–H groups in total. The number of aryl methyl sites for hydroxylation is 2. The van der Waals surface area contributed by atoms with Gasteiger partial charge in [-0.2, -0.15) is 0 Å². The second-order valence-corrected chi connectivity index (χ2v) is 6.80. The van der Waals surface area contributed by atoms with Gasteiger partial charge in [-0.15, -0.1) is 0 Å². The van der Waals surface area contributed by atoms with Crippen LogP contribution in [0.4, 0.5) is 5.82 Å². The number of carbonyl (C=O) groups excluding carboxylic acids is 1. The maximum absolute atomic E-state index is 12.7. The maximum Gasteiger partial charge on any atom is 0.230 e. The van der Waals surface area contributed by atoms with Gasteiger partial charge in [0.25, 0.3) is 0 Å². The van der Waals surface area contributed by atoms with E-state index in [0.717, 1.165) is 63.4 Å². The first-order valence-electron chi connectivity index (χ1n) is 8.39. The van der Waals surface area contributed by atoms with E-state index in [-0.39, 0.29) is 5.41 Å².